The van der Waals surface area contributed by atoms with Gasteiger partial charge in [-0.25, -0.2) is 26.3 Å². The molecule has 3 aromatic carbocycles. The lowest BCUT2D eigenvalue weighted by Crippen LogP contribution is -2.22. The number of nitrogens with zero attached hydrogens (tertiary/aromatic N) is 1. The smallest absolute Gasteiger partial charge is 0.264 e. The second kappa shape index (κ2) is 10.9. The first-order valence-electron chi connectivity index (χ1n) is 9.86. The molecule has 35 heavy (non-hydrogen) atoms. The van der Waals surface area contributed by atoms with Crippen LogP contribution in [-0.2, 0) is 21.2 Å². The van der Waals surface area contributed by atoms with Crippen molar-refractivity contribution in [3.05, 3.63) is 81.6 Å². The van der Waals surface area contributed by atoms with Crippen molar-refractivity contribution >= 4 is 37.5 Å². The molecule has 0 unspecified atom stereocenters. The first-order chi connectivity index (χ1) is 16.6. The Morgan fingerprint density at radius 2 is 1.89 bits per heavy atom. The summed E-state index contributed by atoms with van der Waals surface area (Å²) in [6.07, 6.45) is -3.35. The number of ether oxygens (including phenoxy) is 1. The van der Waals surface area contributed by atoms with Gasteiger partial charge >= 0.3 is 0 Å². The van der Waals surface area contributed by atoms with Crippen molar-refractivity contribution in [3.8, 4) is 17.6 Å². The van der Waals surface area contributed by atoms with E-state index in [1.165, 1.54) is 49.5 Å². The molecule has 3 aromatic rings. The number of hydrogen-bond donors (Lipinski definition) is 2. The molecule has 0 spiro atoms. The highest BCUT2D eigenvalue weighted by atomic mass is 79.9. The average molecular weight is 568 g/mol. The van der Waals surface area contributed by atoms with Crippen LogP contribution in [0.25, 0.3) is 0 Å². The molecule has 12 heteroatoms. The second-order valence-electron chi connectivity index (χ2n) is 7.08. The van der Waals surface area contributed by atoms with Crippen LogP contribution in [0, 0.1) is 17.1 Å². The second-order valence-corrected chi connectivity index (χ2v) is 9.79. The number of alkyl halides is 2. The number of nitriles is 1. The summed E-state index contributed by atoms with van der Waals surface area (Å²) in [7, 11) is -2.63. The van der Waals surface area contributed by atoms with Crippen molar-refractivity contribution in [1.29, 1.82) is 5.26 Å². The highest BCUT2D eigenvalue weighted by Crippen LogP contribution is 2.36. The molecular formula is C23H17BrF3N3O4S. The van der Waals surface area contributed by atoms with Crippen LogP contribution in [0.4, 0.5) is 18.9 Å². The number of halogens is 4. The maximum atomic E-state index is 15.2. The fourth-order valence-electron chi connectivity index (χ4n) is 3.07. The first-order valence-corrected chi connectivity index (χ1v) is 12.1. The van der Waals surface area contributed by atoms with Gasteiger partial charge in [-0.2, -0.15) is 5.26 Å². The summed E-state index contributed by atoms with van der Waals surface area (Å²) in [5.74, 6) is -2.20. The topological polar surface area (TPSA) is 108 Å². The highest BCUT2D eigenvalue weighted by Gasteiger charge is 2.21. The number of hydrogen-bond acceptors (Lipinski definition) is 5. The van der Waals surface area contributed by atoms with Crippen molar-refractivity contribution in [3.63, 3.8) is 0 Å². The molecule has 0 bridgehead atoms. The lowest BCUT2D eigenvalue weighted by atomic mass is 10.1. The number of amides is 1. The Bertz CT molecular complexity index is 1430. The zero-order chi connectivity index (χ0) is 25.8. The van der Waals surface area contributed by atoms with Crippen LogP contribution >= 0.6 is 15.9 Å². The van der Waals surface area contributed by atoms with Crippen LogP contribution in [-0.4, -0.2) is 21.4 Å². The molecule has 0 fully saturated rings. The molecule has 3 rings (SSSR count). The molecular weight excluding hydrogens is 551 g/mol. The molecule has 0 radical (unpaired) electrons. The average Bonchev–Trinajstić information content (AvgIpc) is 2.83. The molecule has 0 aliphatic rings. The molecule has 2 N–H and O–H groups in total. The third-order valence-electron chi connectivity index (χ3n) is 4.73. The van der Waals surface area contributed by atoms with E-state index in [0.717, 1.165) is 12.1 Å². The fourth-order valence-corrected chi connectivity index (χ4v) is 4.35. The maximum Gasteiger partial charge on any atom is 0.264 e. The van der Waals surface area contributed by atoms with Crippen molar-refractivity contribution < 1.29 is 31.1 Å². The van der Waals surface area contributed by atoms with Gasteiger partial charge < -0.3 is 10.1 Å². The van der Waals surface area contributed by atoms with E-state index in [0.29, 0.717) is 0 Å². The van der Waals surface area contributed by atoms with Crippen LogP contribution in [0.15, 0.2) is 64.0 Å². The number of rotatable bonds is 8. The van der Waals surface area contributed by atoms with Gasteiger partial charge in [-0.1, -0.05) is 18.2 Å². The van der Waals surface area contributed by atoms with E-state index in [2.05, 4.69) is 26.0 Å². The van der Waals surface area contributed by atoms with Gasteiger partial charge in [0.1, 0.15) is 10.6 Å². The van der Waals surface area contributed by atoms with Crippen LogP contribution in [0.5, 0.6) is 11.5 Å². The van der Waals surface area contributed by atoms with Crippen LogP contribution in [0.3, 0.4) is 0 Å². The summed E-state index contributed by atoms with van der Waals surface area (Å²) in [4.78, 5) is 12.4. The van der Waals surface area contributed by atoms with Crippen molar-refractivity contribution in [2.45, 2.75) is 17.7 Å². The van der Waals surface area contributed by atoms with Crippen LogP contribution in [0.2, 0.25) is 0 Å². The minimum atomic E-state index is -3.86. The third-order valence-corrected chi connectivity index (χ3v) is 6.83. The Hall–Kier alpha value is -3.40. The zero-order valence-corrected chi connectivity index (χ0v) is 20.4. The number of para-hydroxylation sites is 1. The Kier molecular flexibility index (Phi) is 8.16. The molecule has 0 saturated heterocycles. The Morgan fingerprint density at radius 1 is 1.17 bits per heavy atom. The van der Waals surface area contributed by atoms with E-state index < -0.39 is 40.2 Å². The van der Waals surface area contributed by atoms with Crippen LogP contribution < -0.4 is 14.8 Å². The summed E-state index contributed by atoms with van der Waals surface area (Å²) < 4.78 is 73.6. The lowest BCUT2D eigenvalue weighted by molar-refractivity contribution is -0.115. The Morgan fingerprint density at radius 3 is 2.54 bits per heavy atom. The van der Waals surface area contributed by atoms with Gasteiger partial charge in [-0.15, -0.1) is 0 Å². The number of benzene rings is 3. The SMILES string of the molecule is CNS(=O)(=O)c1ccccc1NC(=O)Cc1ccc(Br)c(Oc2cc(C#N)cc(C(F)F)c2)c1F. The molecule has 0 atom stereocenters. The van der Waals surface area contributed by atoms with E-state index in [1.807, 2.05) is 0 Å². The lowest BCUT2D eigenvalue weighted by Gasteiger charge is -2.14. The molecule has 182 valence electrons. The zero-order valence-electron chi connectivity index (χ0n) is 18.0. The molecule has 0 saturated carbocycles. The molecule has 0 aliphatic carbocycles. The maximum absolute atomic E-state index is 15.2. The van der Waals surface area contributed by atoms with Crippen molar-refractivity contribution in [2.24, 2.45) is 0 Å². The minimum Gasteiger partial charge on any atom is -0.453 e. The number of carbonyl (C=O) groups is 1. The van der Waals surface area contributed by atoms with Gasteiger partial charge in [0, 0.05) is 11.1 Å². The number of anilines is 1. The van der Waals surface area contributed by atoms with Gasteiger partial charge in [-0.05, 0) is 59.4 Å². The monoisotopic (exact) mass is 567 g/mol. The Balaban J connectivity index is 1.88. The standard InChI is InChI=1S/C23H17BrF3N3O4S/c1-29-35(32,33)19-5-3-2-4-18(19)30-20(31)11-14-6-7-17(24)22(21(14)25)34-16-9-13(12-28)8-15(10-16)23(26)27/h2-10,23,29H,11H2,1H3,(H,30,31). The van der Waals surface area contributed by atoms with Gasteiger partial charge in [-0.3, -0.25) is 4.79 Å². The Labute approximate surface area is 207 Å². The van der Waals surface area contributed by atoms with Gasteiger partial charge in [0.05, 0.1) is 28.2 Å². The number of sulfonamides is 1. The predicted octanol–water partition coefficient (Wildman–Crippen LogP) is 5.28. The summed E-state index contributed by atoms with van der Waals surface area (Å²) >= 11 is 3.13. The molecule has 0 heterocycles. The number of carbonyl (C=O) groups excluding carboxylic acids is 1. The number of nitrogens with one attached hydrogen (secondary N) is 2. The predicted molar refractivity (Wildman–Crippen MR) is 125 cm³/mol. The fraction of sp³-hybridized carbons (Fsp3) is 0.130. The van der Waals surface area contributed by atoms with Gasteiger partial charge in [0.25, 0.3) is 6.43 Å². The van der Waals surface area contributed by atoms with E-state index in [4.69, 9.17) is 10.00 Å². The van der Waals surface area contributed by atoms with Crippen molar-refractivity contribution in [2.75, 3.05) is 12.4 Å². The summed E-state index contributed by atoms with van der Waals surface area (Å²) in [6.45, 7) is 0. The van der Waals surface area contributed by atoms with Crippen LogP contribution in [0.1, 0.15) is 23.1 Å². The quantitative estimate of drug-likeness (QED) is 0.385. The van der Waals surface area contributed by atoms with E-state index in [9.17, 15) is 22.0 Å². The summed E-state index contributed by atoms with van der Waals surface area (Å²) in [5.41, 5.74) is -0.657. The van der Waals surface area contributed by atoms with Gasteiger partial charge in [0.2, 0.25) is 15.9 Å². The van der Waals surface area contributed by atoms with Gasteiger partial charge in [0.15, 0.2) is 11.6 Å². The normalized spacial score (nSPS) is 11.2. The molecule has 7 nitrogen and oxygen atoms in total. The van der Waals surface area contributed by atoms with E-state index in [-0.39, 0.29) is 37.7 Å². The van der Waals surface area contributed by atoms with E-state index in [1.54, 1.807) is 6.07 Å². The third kappa shape index (κ3) is 6.19. The van der Waals surface area contributed by atoms with E-state index >= 15 is 4.39 Å². The van der Waals surface area contributed by atoms with Crippen molar-refractivity contribution in [1.82, 2.24) is 4.72 Å². The molecule has 0 aliphatic heterocycles. The minimum absolute atomic E-state index is 0.00805. The largest absolute Gasteiger partial charge is 0.453 e. The highest BCUT2D eigenvalue weighted by molar-refractivity contribution is 9.10. The summed E-state index contributed by atoms with van der Waals surface area (Å²) in [6, 6.07) is 13.3. The molecule has 1 amide bonds. The molecule has 0 aromatic heterocycles. The summed E-state index contributed by atoms with van der Waals surface area (Å²) in [5, 5.41) is 11.5. The first kappa shape index (κ1) is 26.2.